The lowest BCUT2D eigenvalue weighted by Crippen LogP contribution is -2.26. The number of carbonyl (C=O) groups excluding carboxylic acids is 1. The van der Waals surface area contributed by atoms with E-state index in [1.807, 2.05) is 0 Å². The van der Waals surface area contributed by atoms with E-state index < -0.39 is 17.1 Å². The minimum Gasteiger partial charge on any atom is -0.507 e. The number of amides is 1. The number of phenols is 1. The molecule has 1 aromatic rings. The lowest BCUT2D eigenvalue weighted by molar-refractivity contribution is -0.138. The Bertz CT molecular complexity index is 647. The number of thioether (sulfide) groups is 1. The first-order valence-electron chi connectivity index (χ1n) is 5.74. The summed E-state index contributed by atoms with van der Waals surface area (Å²) in [5.41, 5.74) is 0.463. The van der Waals surface area contributed by atoms with Crippen molar-refractivity contribution in [2.75, 3.05) is 0 Å². The highest BCUT2D eigenvalue weighted by atomic mass is 79.9. The van der Waals surface area contributed by atoms with Crippen LogP contribution in [0.2, 0.25) is 0 Å². The summed E-state index contributed by atoms with van der Waals surface area (Å²) in [6.07, 6.45) is 1.07. The number of amidine groups is 1. The molecule has 0 saturated carbocycles. The molecule has 3 N–H and O–H groups in total. The highest BCUT2D eigenvalue weighted by Gasteiger charge is 2.32. The zero-order valence-electron chi connectivity index (χ0n) is 10.5. The topological polar surface area (TPSA) is 111 Å². The summed E-state index contributed by atoms with van der Waals surface area (Å²) in [6.45, 7) is 0. The molecule has 1 atom stereocenters. The second-order valence-corrected chi connectivity index (χ2v) is 6.15. The molecule has 0 radical (unpaired) electrons. The maximum Gasteiger partial charge on any atom is 0.305 e. The molecular weight excluding hydrogens is 362 g/mol. The number of nitrogens with zero attached hydrogens (tertiary/aromatic N) is 2. The SMILES string of the molecule is O=C(O)CC1S/C(=N/N=C/c2cc(Br)ccc2O)NC1=O. The first-order valence-corrected chi connectivity index (χ1v) is 7.42. The third-order valence-corrected chi connectivity index (χ3v) is 4.04. The summed E-state index contributed by atoms with van der Waals surface area (Å²) in [7, 11) is 0. The Morgan fingerprint density at radius 1 is 1.52 bits per heavy atom. The van der Waals surface area contributed by atoms with Gasteiger partial charge >= 0.3 is 5.97 Å². The van der Waals surface area contributed by atoms with Crippen LogP contribution in [0.5, 0.6) is 5.75 Å². The molecule has 1 aliphatic rings. The number of carbonyl (C=O) groups is 2. The van der Waals surface area contributed by atoms with E-state index in [1.54, 1.807) is 12.1 Å². The van der Waals surface area contributed by atoms with Crippen molar-refractivity contribution in [3.8, 4) is 5.75 Å². The molecular formula is C12H10BrN3O4S. The van der Waals surface area contributed by atoms with E-state index >= 15 is 0 Å². The number of phenolic OH excluding ortho intramolecular Hbond substituents is 1. The van der Waals surface area contributed by atoms with Gasteiger partial charge in [-0.25, -0.2) is 0 Å². The molecule has 110 valence electrons. The van der Waals surface area contributed by atoms with Crippen LogP contribution in [-0.4, -0.2) is 38.7 Å². The van der Waals surface area contributed by atoms with Gasteiger partial charge in [0.2, 0.25) is 5.91 Å². The Labute approximate surface area is 132 Å². The number of carboxylic acids is 1. The Kier molecular flexibility index (Phi) is 4.97. The normalized spacial score (nSPS) is 20.1. The average Bonchev–Trinajstić information content (AvgIpc) is 2.73. The van der Waals surface area contributed by atoms with Gasteiger partial charge in [-0.1, -0.05) is 27.7 Å². The molecule has 0 bridgehead atoms. The van der Waals surface area contributed by atoms with Crippen molar-refractivity contribution < 1.29 is 19.8 Å². The summed E-state index contributed by atoms with van der Waals surface area (Å²) >= 11 is 4.28. The zero-order chi connectivity index (χ0) is 15.4. The number of hydrogen-bond donors (Lipinski definition) is 3. The van der Waals surface area contributed by atoms with Gasteiger partial charge in [0.1, 0.15) is 11.0 Å². The lowest BCUT2D eigenvalue weighted by atomic mass is 10.2. The first-order chi connectivity index (χ1) is 9.95. The third-order valence-electron chi connectivity index (χ3n) is 2.47. The van der Waals surface area contributed by atoms with Gasteiger partial charge in [0, 0.05) is 10.0 Å². The van der Waals surface area contributed by atoms with E-state index in [2.05, 4.69) is 31.4 Å². The van der Waals surface area contributed by atoms with E-state index in [-0.39, 0.29) is 17.3 Å². The molecule has 1 aromatic carbocycles. The molecule has 2 rings (SSSR count). The molecule has 0 spiro atoms. The largest absolute Gasteiger partial charge is 0.507 e. The van der Waals surface area contributed by atoms with Crippen LogP contribution in [0.3, 0.4) is 0 Å². The zero-order valence-corrected chi connectivity index (χ0v) is 12.9. The third kappa shape index (κ3) is 4.30. The van der Waals surface area contributed by atoms with Crippen molar-refractivity contribution in [2.24, 2.45) is 10.2 Å². The molecule has 1 saturated heterocycles. The van der Waals surface area contributed by atoms with Crippen LogP contribution < -0.4 is 5.32 Å². The number of aliphatic carboxylic acids is 1. The van der Waals surface area contributed by atoms with Crippen LogP contribution >= 0.6 is 27.7 Å². The number of nitrogens with one attached hydrogen (secondary N) is 1. The van der Waals surface area contributed by atoms with Crippen LogP contribution in [0, 0.1) is 0 Å². The monoisotopic (exact) mass is 371 g/mol. The van der Waals surface area contributed by atoms with Crippen molar-refractivity contribution in [1.82, 2.24) is 5.32 Å². The molecule has 7 nitrogen and oxygen atoms in total. The Morgan fingerprint density at radius 3 is 3.00 bits per heavy atom. The summed E-state index contributed by atoms with van der Waals surface area (Å²) < 4.78 is 0.777. The van der Waals surface area contributed by atoms with Gasteiger partial charge in [-0.15, -0.1) is 5.10 Å². The molecule has 1 amide bonds. The van der Waals surface area contributed by atoms with Crippen molar-refractivity contribution in [3.05, 3.63) is 28.2 Å². The number of carboxylic acid groups (broad SMARTS) is 1. The number of hydrogen-bond acceptors (Lipinski definition) is 6. The van der Waals surface area contributed by atoms with Crippen LogP contribution in [0.25, 0.3) is 0 Å². The first kappa shape index (κ1) is 15.5. The van der Waals surface area contributed by atoms with Crippen LogP contribution in [0.4, 0.5) is 0 Å². The predicted molar refractivity (Wildman–Crippen MR) is 82.6 cm³/mol. The van der Waals surface area contributed by atoms with Gasteiger partial charge in [0.25, 0.3) is 0 Å². The second kappa shape index (κ2) is 6.72. The van der Waals surface area contributed by atoms with Crippen molar-refractivity contribution >= 4 is 51.0 Å². The molecule has 0 aliphatic carbocycles. The minimum atomic E-state index is -1.05. The molecule has 1 heterocycles. The highest BCUT2D eigenvalue weighted by Crippen LogP contribution is 2.23. The van der Waals surface area contributed by atoms with Crippen molar-refractivity contribution in [1.29, 1.82) is 0 Å². The maximum absolute atomic E-state index is 11.5. The van der Waals surface area contributed by atoms with Gasteiger partial charge in [-0.05, 0) is 18.2 Å². The standard InChI is InChI=1S/C12H10BrN3O4S/c13-7-1-2-8(17)6(3-7)5-14-16-12-15-11(20)9(21-12)4-10(18)19/h1-3,5,9,17H,4H2,(H,18,19)(H,15,16,20)/b14-5+. The molecule has 0 aromatic heterocycles. The molecule has 9 heteroatoms. The van der Waals surface area contributed by atoms with Gasteiger partial charge in [0.05, 0.1) is 12.6 Å². The summed E-state index contributed by atoms with van der Waals surface area (Å²) in [4.78, 5) is 22.1. The Morgan fingerprint density at radius 2 is 2.29 bits per heavy atom. The fourth-order valence-corrected chi connectivity index (χ4v) is 2.81. The van der Waals surface area contributed by atoms with Crippen molar-refractivity contribution in [2.45, 2.75) is 11.7 Å². The Hall–Kier alpha value is -1.87. The van der Waals surface area contributed by atoms with Crippen LogP contribution in [0.15, 0.2) is 32.9 Å². The van der Waals surface area contributed by atoms with Gasteiger partial charge in [-0.3, -0.25) is 9.59 Å². The van der Waals surface area contributed by atoms with E-state index in [1.165, 1.54) is 12.3 Å². The van der Waals surface area contributed by atoms with Gasteiger partial charge < -0.3 is 15.5 Å². The van der Waals surface area contributed by atoms with E-state index in [4.69, 9.17) is 5.11 Å². The van der Waals surface area contributed by atoms with Gasteiger partial charge in [-0.2, -0.15) is 5.10 Å². The van der Waals surface area contributed by atoms with Crippen LogP contribution in [0.1, 0.15) is 12.0 Å². The van der Waals surface area contributed by atoms with Crippen LogP contribution in [-0.2, 0) is 9.59 Å². The van der Waals surface area contributed by atoms with E-state index in [9.17, 15) is 14.7 Å². The number of halogens is 1. The second-order valence-electron chi connectivity index (χ2n) is 4.05. The number of benzene rings is 1. The quantitative estimate of drug-likeness (QED) is 0.549. The lowest BCUT2D eigenvalue weighted by Gasteiger charge is -1.98. The molecule has 1 fully saturated rings. The summed E-state index contributed by atoms with van der Waals surface area (Å²) in [5.74, 6) is -1.40. The number of rotatable bonds is 4. The fraction of sp³-hybridized carbons (Fsp3) is 0.167. The fourth-order valence-electron chi connectivity index (χ4n) is 1.52. The molecule has 21 heavy (non-hydrogen) atoms. The summed E-state index contributed by atoms with van der Waals surface area (Å²) in [5, 5.41) is 27.8. The van der Waals surface area contributed by atoms with Crippen molar-refractivity contribution in [3.63, 3.8) is 0 Å². The smallest absolute Gasteiger partial charge is 0.305 e. The van der Waals surface area contributed by atoms with Gasteiger partial charge in [0.15, 0.2) is 5.17 Å². The van der Waals surface area contributed by atoms with E-state index in [0.717, 1.165) is 16.2 Å². The minimum absolute atomic E-state index is 0.0500. The Balaban J connectivity index is 2.05. The number of aromatic hydroxyl groups is 1. The summed E-state index contributed by atoms with van der Waals surface area (Å²) in [6, 6.07) is 4.85. The predicted octanol–water partition coefficient (Wildman–Crippen LogP) is 1.55. The average molecular weight is 372 g/mol. The molecule has 1 aliphatic heterocycles. The van der Waals surface area contributed by atoms with E-state index in [0.29, 0.717) is 5.56 Å². The maximum atomic E-state index is 11.5. The highest BCUT2D eigenvalue weighted by molar-refractivity contribution is 9.10. The molecule has 1 unspecified atom stereocenters.